The quantitative estimate of drug-likeness (QED) is 0.401. The van der Waals surface area contributed by atoms with Gasteiger partial charge in [-0.1, -0.05) is 44.2 Å². The number of nitrogens with one attached hydrogen (secondary N) is 1. The first-order valence-corrected chi connectivity index (χ1v) is 13.3. The highest BCUT2D eigenvalue weighted by atomic mass is 32.2. The fourth-order valence-corrected chi connectivity index (χ4v) is 5.06. The van der Waals surface area contributed by atoms with Gasteiger partial charge in [-0.05, 0) is 60.5 Å². The minimum atomic E-state index is -3.81. The molecule has 3 aromatic rings. The van der Waals surface area contributed by atoms with Gasteiger partial charge in [0.25, 0.3) is 10.0 Å². The Labute approximate surface area is 214 Å². The number of methoxy groups -OCH3 is 1. The third kappa shape index (κ3) is 6.37. The van der Waals surface area contributed by atoms with Crippen molar-refractivity contribution in [2.75, 3.05) is 30.8 Å². The molecule has 1 unspecified atom stereocenters. The largest absolute Gasteiger partial charge is 0.497 e. The second kappa shape index (κ2) is 11.5. The summed E-state index contributed by atoms with van der Waals surface area (Å²) >= 11 is 0. The van der Waals surface area contributed by atoms with E-state index in [0.717, 1.165) is 16.8 Å². The average molecular weight is 510 g/mol. The van der Waals surface area contributed by atoms with Crippen LogP contribution in [0.25, 0.3) is 0 Å². The van der Waals surface area contributed by atoms with Gasteiger partial charge in [-0.25, -0.2) is 8.42 Å². The Balaban J connectivity index is 1.97. The number of hydrogen-bond acceptors (Lipinski definition) is 5. The van der Waals surface area contributed by atoms with Crippen LogP contribution in [-0.2, 0) is 21.4 Å². The minimum Gasteiger partial charge on any atom is -0.497 e. The highest BCUT2D eigenvalue weighted by Gasteiger charge is 2.25. The molecule has 0 spiro atoms. The van der Waals surface area contributed by atoms with Gasteiger partial charge in [-0.15, -0.1) is 0 Å². The van der Waals surface area contributed by atoms with E-state index in [1.807, 2.05) is 81.1 Å². The Hall–Kier alpha value is -3.52. The van der Waals surface area contributed by atoms with Crippen molar-refractivity contribution in [3.05, 3.63) is 83.9 Å². The molecule has 1 amide bonds. The number of carbonyl (C=O) groups is 1. The van der Waals surface area contributed by atoms with Crippen molar-refractivity contribution in [2.45, 2.75) is 38.3 Å². The Morgan fingerprint density at radius 3 is 2.14 bits per heavy atom. The van der Waals surface area contributed by atoms with E-state index < -0.39 is 10.0 Å². The number of amides is 1. The van der Waals surface area contributed by atoms with Gasteiger partial charge >= 0.3 is 0 Å². The summed E-state index contributed by atoms with van der Waals surface area (Å²) in [6.07, 6.45) is 0. The molecule has 0 aliphatic heterocycles. The number of benzene rings is 3. The zero-order valence-electron chi connectivity index (χ0n) is 21.7. The van der Waals surface area contributed by atoms with Crippen molar-refractivity contribution < 1.29 is 17.9 Å². The van der Waals surface area contributed by atoms with Gasteiger partial charge in [-0.3, -0.25) is 9.52 Å². The summed E-state index contributed by atoms with van der Waals surface area (Å²) in [5.41, 5.74) is 3.21. The number of carbonyl (C=O) groups excluding carboxylic acids is 1. The number of sulfonamides is 1. The molecular formula is C28H35N3O4S. The molecule has 0 aliphatic rings. The van der Waals surface area contributed by atoms with Crippen molar-refractivity contribution in [2.24, 2.45) is 5.92 Å². The van der Waals surface area contributed by atoms with E-state index in [2.05, 4.69) is 4.72 Å². The maximum absolute atomic E-state index is 13.3. The predicted molar refractivity (Wildman–Crippen MR) is 145 cm³/mol. The first-order valence-electron chi connectivity index (χ1n) is 11.9. The standard InChI is InChI=1S/C28H35N3O4S/c1-20(2)28(32)31(21(3)22-10-8-7-9-11-22)19-23-18-24(12-17-27(23)30(4)5)29-36(33,34)26-15-13-25(35-6)14-16-26/h7-18,20-21,29H,19H2,1-6H3. The summed E-state index contributed by atoms with van der Waals surface area (Å²) in [5, 5.41) is 0. The topological polar surface area (TPSA) is 79.0 Å². The Morgan fingerprint density at radius 1 is 0.944 bits per heavy atom. The van der Waals surface area contributed by atoms with Crippen LogP contribution in [0.5, 0.6) is 5.75 Å². The van der Waals surface area contributed by atoms with Crippen molar-refractivity contribution >= 4 is 27.3 Å². The molecule has 1 atom stereocenters. The molecule has 0 bridgehead atoms. The predicted octanol–water partition coefficient (Wildman–Crippen LogP) is 5.31. The highest BCUT2D eigenvalue weighted by molar-refractivity contribution is 7.92. The van der Waals surface area contributed by atoms with E-state index in [1.54, 1.807) is 24.3 Å². The third-order valence-electron chi connectivity index (χ3n) is 6.05. The molecule has 7 nitrogen and oxygen atoms in total. The van der Waals surface area contributed by atoms with Crippen LogP contribution in [-0.4, -0.2) is 40.4 Å². The minimum absolute atomic E-state index is 0.0280. The number of hydrogen-bond donors (Lipinski definition) is 1. The summed E-state index contributed by atoms with van der Waals surface area (Å²) in [6.45, 7) is 6.12. The monoisotopic (exact) mass is 509 g/mol. The SMILES string of the molecule is COc1ccc(S(=O)(=O)Nc2ccc(N(C)C)c(CN(C(=O)C(C)C)C(C)c3ccccc3)c2)cc1. The normalized spacial score (nSPS) is 12.2. The smallest absolute Gasteiger partial charge is 0.261 e. The molecule has 0 saturated heterocycles. The van der Waals surface area contributed by atoms with Crippen LogP contribution < -0.4 is 14.4 Å². The van der Waals surface area contributed by atoms with E-state index in [0.29, 0.717) is 18.0 Å². The second-order valence-corrected chi connectivity index (χ2v) is 10.9. The lowest BCUT2D eigenvalue weighted by molar-refractivity contribution is -0.137. The van der Waals surface area contributed by atoms with Crippen LogP contribution in [0.15, 0.2) is 77.7 Å². The molecule has 36 heavy (non-hydrogen) atoms. The van der Waals surface area contributed by atoms with E-state index >= 15 is 0 Å². The molecule has 0 aromatic heterocycles. The van der Waals surface area contributed by atoms with E-state index in [1.165, 1.54) is 19.2 Å². The van der Waals surface area contributed by atoms with Crippen molar-refractivity contribution in [1.29, 1.82) is 0 Å². The first-order chi connectivity index (χ1) is 17.0. The van der Waals surface area contributed by atoms with Gasteiger partial charge in [0.2, 0.25) is 5.91 Å². The molecule has 3 rings (SSSR count). The fraction of sp³-hybridized carbons (Fsp3) is 0.321. The third-order valence-corrected chi connectivity index (χ3v) is 7.45. The molecule has 0 aliphatic carbocycles. The Morgan fingerprint density at radius 2 is 1.58 bits per heavy atom. The van der Waals surface area contributed by atoms with Gasteiger partial charge in [-0.2, -0.15) is 0 Å². The van der Waals surface area contributed by atoms with Crippen molar-refractivity contribution in [1.82, 2.24) is 4.90 Å². The van der Waals surface area contributed by atoms with E-state index in [9.17, 15) is 13.2 Å². The summed E-state index contributed by atoms with van der Waals surface area (Å²) in [6, 6.07) is 21.4. The molecule has 8 heteroatoms. The van der Waals surface area contributed by atoms with Crippen LogP contribution in [0.1, 0.15) is 37.9 Å². The number of nitrogens with zero attached hydrogens (tertiary/aromatic N) is 2. The summed E-state index contributed by atoms with van der Waals surface area (Å²) in [7, 11) is 1.58. The van der Waals surface area contributed by atoms with Crippen LogP contribution in [0.2, 0.25) is 0 Å². The molecular weight excluding hydrogens is 474 g/mol. The van der Waals surface area contributed by atoms with Crippen LogP contribution in [0, 0.1) is 5.92 Å². The summed E-state index contributed by atoms with van der Waals surface area (Å²) < 4.78 is 33.8. The van der Waals surface area contributed by atoms with Crippen LogP contribution in [0.4, 0.5) is 11.4 Å². The molecule has 192 valence electrons. The van der Waals surface area contributed by atoms with Gasteiger partial charge in [0.1, 0.15) is 5.75 Å². The lowest BCUT2D eigenvalue weighted by Crippen LogP contribution is -2.36. The molecule has 0 saturated carbocycles. The van der Waals surface area contributed by atoms with E-state index in [-0.39, 0.29) is 22.8 Å². The fourth-order valence-electron chi connectivity index (χ4n) is 4.01. The number of rotatable bonds is 10. The number of anilines is 2. The zero-order chi connectivity index (χ0) is 26.5. The van der Waals surface area contributed by atoms with Crippen LogP contribution >= 0.6 is 0 Å². The van der Waals surface area contributed by atoms with Crippen molar-refractivity contribution in [3.63, 3.8) is 0 Å². The maximum atomic E-state index is 13.3. The molecule has 0 heterocycles. The molecule has 3 aromatic carbocycles. The van der Waals surface area contributed by atoms with E-state index in [4.69, 9.17) is 4.74 Å². The van der Waals surface area contributed by atoms with Crippen LogP contribution in [0.3, 0.4) is 0 Å². The highest BCUT2D eigenvalue weighted by Crippen LogP contribution is 2.30. The van der Waals surface area contributed by atoms with Crippen molar-refractivity contribution in [3.8, 4) is 5.75 Å². The summed E-state index contributed by atoms with van der Waals surface area (Å²) in [4.78, 5) is 17.2. The second-order valence-electron chi connectivity index (χ2n) is 9.23. The zero-order valence-corrected chi connectivity index (χ0v) is 22.5. The van der Waals surface area contributed by atoms with Gasteiger partial charge < -0.3 is 14.5 Å². The molecule has 1 N–H and O–H groups in total. The Kier molecular flexibility index (Phi) is 8.63. The molecule has 0 fully saturated rings. The van der Waals surface area contributed by atoms with Gasteiger partial charge in [0, 0.05) is 37.9 Å². The maximum Gasteiger partial charge on any atom is 0.261 e. The lowest BCUT2D eigenvalue weighted by Gasteiger charge is -2.33. The number of ether oxygens (including phenoxy) is 1. The van der Waals surface area contributed by atoms with Gasteiger partial charge in [0.15, 0.2) is 0 Å². The van der Waals surface area contributed by atoms with Gasteiger partial charge in [0.05, 0.1) is 18.0 Å². The molecule has 0 radical (unpaired) electrons. The summed E-state index contributed by atoms with van der Waals surface area (Å²) in [5.74, 6) is 0.421. The average Bonchev–Trinajstić information content (AvgIpc) is 2.86. The lowest BCUT2D eigenvalue weighted by atomic mass is 10.0. The first kappa shape index (κ1) is 27.1. The Bertz CT molecular complexity index is 1270.